The van der Waals surface area contributed by atoms with Gasteiger partial charge >= 0.3 is 0 Å². The maximum Gasteiger partial charge on any atom is 0.0926 e. The van der Waals surface area contributed by atoms with Gasteiger partial charge in [0.05, 0.1) is 23.8 Å². The number of H-pyrrole nitrogens is 1. The Morgan fingerprint density at radius 2 is 2.04 bits per heavy atom. The van der Waals surface area contributed by atoms with Gasteiger partial charge in [0.15, 0.2) is 0 Å². The number of aryl methyl sites for hydroxylation is 1. The summed E-state index contributed by atoms with van der Waals surface area (Å²) in [4.78, 5) is 14.7. The zero-order chi connectivity index (χ0) is 18.9. The lowest BCUT2D eigenvalue weighted by Gasteiger charge is -2.35. The Morgan fingerprint density at radius 1 is 1.14 bits per heavy atom. The Morgan fingerprint density at radius 3 is 2.82 bits per heavy atom. The number of aromatic nitrogens is 5. The molecule has 1 aromatic carbocycles. The third-order valence-electron chi connectivity index (χ3n) is 5.52. The number of aromatic amines is 1. The standard InChI is InChI=1S/C22H22N6/c1-16-13-19(28-11-2-8-26-28)4-3-18(16)14-27-12-7-20-21(25-15-24-20)22(27)17-5-9-23-10-6-17/h2-6,8-11,13,15,22H,7,12,14H2,1H3,(H,24,25)/t22-/m0/s1. The van der Waals surface area contributed by atoms with Gasteiger partial charge in [-0.2, -0.15) is 5.10 Å². The topological polar surface area (TPSA) is 62.6 Å². The lowest BCUT2D eigenvalue weighted by molar-refractivity contribution is 0.200. The van der Waals surface area contributed by atoms with Crippen molar-refractivity contribution >= 4 is 0 Å². The van der Waals surface area contributed by atoms with E-state index in [1.807, 2.05) is 35.7 Å². The molecule has 28 heavy (non-hydrogen) atoms. The molecule has 1 N–H and O–H groups in total. The van der Waals surface area contributed by atoms with Crippen LogP contribution in [-0.4, -0.2) is 36.2 Å². The van der Waals surface area contributed by atoms with Crippen LogP contribution in [0.3, 0.4) is 0 Å². The molecule has 6 nitrogen and oxygen atoms in total. The monoisotopic (exact) mass is 370 g/mol. The summed E-state index contributed by atoms with van der Waals surface area (Å²) in [6.07, 6.45) is 10.3. The number of imidazole rings is 1. The van der Waals surface area contributed by atoms with Gasteiger partial charge in [0.1, 0.15) is 0 Å². The van der Waals surface area contributed by atoms with Gasteiger partial charge < -0.3 is 4.98 Å². The van der Waals surface area contributed by atoms with Crippen molar-refractivity contribution in [1.82, 2.24) is 29.6 Å². The molecule has 4 aromatic rings. The van der Waals surface area contributed by atoms with E-state index in [1.165, 1.54) is 22.4 Å². The van der Waals surface area contributed by atoms with Crippen molar-refractivity contribution in [1.29, 1.82) is 0 Å². The van der Waals surface area contributed by atoms with Crippen LogP contribution in [-0.2, 0) is 13.0 Å². The van der Waals surface area contributed by atoms with Crippen molar-refractivity contribution < 1.29 is 0 Å². The van der Waals surface area contributed by atoms with Crippen LogP contribution in [0.25, 0.3) is 5.69 Å². The molecule has 0 saturated heterocycles. The predicted molar refractivity (Wildman–Crippen MR) is 107 cm³/mol. The minimum Gasteiger partial charge on any atom is -0.348 e. The molecule has 3 aromatic heterocycles. The molecule has 0 amide bonds. The van der Waals surface area contributed by atoms with Crippen molar-refractivity contribution in [2.45, 2.75) is 25.9 Å². The molecular weight excluding hydrogens is 348 g/mol. The molecule has 0 bridgehead atoms. The van der Waals surface area contributed by atoms with Crippen LogP contribution in [0.2, 0.25) is 0 Å². The fourth-order valence-corrected chi connectivity index (χ4v) is 4.05. The van der Waals surface area contributed by atoms with E-state index < -0.39 is 0 Å². The number of fused-ring (bicyclic) bond motifs is 1. The Labute approximate surface area is 163 Å². The highest BCUT2D eigenvalue weighted by Crippen LogP contribution is 2.34. The van der Waals surface area contributed by atoms with E-state index in [-0.39, 0.29) is 6.04 Å². The average molecular weight is 370 g/mol. The summed E-state index contributed by atoms with van der Waals surface area (Å²) in [6, 6.07) is 12.8. The van der Waals surface area contributed by atoms with Crippen molar-refractivity contribution in [3.8, 4) is 5.69 Å². The van der Waals surface area contributed by atoms with Crippen molar-refractivity contribution in [2.24, 2.45) is 0 Å². The van der Waals surface area contributed by atoms with Gasteiger partial charge in [0, 0.05) is 50.0 Å². The average Bonchev–Trinajstić information content (AvgIpc) is 3.42. The van der Waals surface area contributed by atoms with Gasteiger partial charge in [-0.1, -0.05) is 6.07 Å². The third kappa shape index (κ3) is 3.01. The fourth-order valence-electron chi connectivity index (χ4n) is 4.05. The molecule has 5 rings (SSSR count). The Kier molecular flexibility index (Phi) is 4.25. The minimum absolute atomic E-state index is 0.142. The van der Waals surface area contributed by atoms with Crippen molar-refractivity contribution in [3.05, 3.63) is 95.6 Å². The largest absolute Gasteiger partial charge is 0.348 e. The molecule has 4 heterocycles. The zero-order valence-electron chi connectivity index (χ0n) is 15.8. The molecule has 0 fully saturated rings. The van der Waals surface area contributed by atoms with Gasteiger partial charge in [-0.3, -0.25) is 9.88 Å². The summed E-state index contributed by atoms with van der Waals surface area (Å²) in [5, 5.41) is 4.33. The fraction of sp³-hybridized carbons (Fsp3) is 0.227. The Balaban J connectivity index is 1.47. The summed E-state index contributed by atoms with van der Waals surface area (Å²) in [7, 11) is 0. The first-order valence-corrected chi connectivity index (χ1v) is 9.55. The van der Waals surface area contributed by atoms with Gasteiger partial charge in [-0.15, -0.1) is 0 Å². The summed E-state index contributed by atoms with van der Waals surface area (Å²) >= 11 is 0. The predicted octanol–water partition coefficient (Wildman–Crippen LogP) is 3.45. The van der Waals surface area contributed by atoms with Crippen LogP contribution in [0.4, 0.5) is 0 Å². The van der Waals surface area contributed by atoms with Gasteiger partial charge in [-0.25, -0.2) is 9.67 Å². The molecule has 1 aliphatic heterocycles. The second kappa shape index (κ2) is 7.05. The summed E-state index contributed by atoms with van der Waals surface area (Å²) in [5.74, 6) is 0. The van der Waals surface area contributed by atoms with Crippen LogP contribution in [0.15, 0.2) is 67.5 Å². The number of pyridine rings is 1. The Hall–Kier alpha value is -3.25. The normalized spacial score (nSPS) is 16.8. The molecule has 1 atom stereocenters. The first-order chi connectivity index (χ1) is 13.8. The highest BCUT2D eigenvalue weighted by Gasteiger charge is 2.31. The molecule has 1 aliphatic rings. The van der Waals surface area contributed by atoms with E-state index in [0.29, 0.717) is 0 Å². The highest BCUT2D eigenvalue weighted by molar-refractivity contribution is 5.40. The molecule has 0 saturated carbocycles. The number of rotatable bonds is 4. The lowest BCUT2D eigenvalue weighted by atomic mass is 9.95. The molecule has 0 unspecified atom stereocenters. The molecule has 0 radical (unpaired) electrons. The molecule has 140 valence electrons. The summed E-state index contributed by atoms with van der Waals surface area (Å²) < 4.78 is 1.90. The number of nitrogens with one attached hydrogen (secondary N) is 1. The summed E-state index contributed by atoms with van der Waals surface area (Å²) in [6.45, 7) is 4.04. The van der Waals surface area contributed by atoms with E-state index in [9.17, 15) is 0 Å². The van der Waals surface area contributed by atoms with Crippen LogP contribution < -0.4 is 0 Å². The van der Waals surface area contributed by atoms with Crippen LogP contribution in [0.5, 0.6) is 0 Å². The third-order valence-corrected chi connectivity index (χ3v) is 5.52. The number of nitrogens with zero attached hydrogens (tertiary/aromatic N) is 5. The van der Waals surface area contributed by atoms with E-state index in [1.54, 1.807) is 6.20 Å². The first-order valence-electron chi connectivity index (χ1n) is 9.55. The van der Waals surface area contributed by atoms with Gasteiger partial charge in [0.25, 0.3) is 0 Å². The maximum absolute atomic E-state index is 4.65. The Bertz CT molecular complexity index is 1070. The van der Waals surface area contributed by atoms with E-state index in [0.717, 1.165) is 30.9 Å². The quantitative estimate of drug-likeness (QED) is 0.598. The molecule has 0 spiro atoms. The van der Waals surface area contributed by atoms with Crippen LogP contribution in [0, 0.1) is 6.92 Å². The van der Waals surface area contributed by atoms with Crippen LogP contribution in [0.1, 0.15) is 34.1 Å². The number of benzene rings is 1. The second-order valence-electron chi connectivity index (χ2n) is 7.23. The second-order valence-corrected chi connectivity index (χ2v) is 7.23. The van der Waals surface area contributed by atoms with Gasteiger partial charge in [0.2, 0.25) is 0 Å². The minimum atomic E-state index is 0.142. The smallest absolute Gasteiger partial charge is 0.0926 e. The maximum atomic E-state index is 4.65. The first kappa shape index (κ1) is 16.9. The van der Waals surface area contributed by atoms with E-state index >= 15 is 0 Å². The number of hydrogen-bond acceptors (Lipinski definition) is 4. The summed E-state index contributed by atoms with van der Waals surface area (Å²) in [5.41, 5.74) is 7.29. The van der Waals surface area contributed by atoms with Crippen molar-refractivity contribution in [3.63, 3.8) is 0 Å². The lowest BCUT2D eigenvalue weighted by Crippen LogP contribution is -2.36. The number of hydrogen-bond donors (Lipinski definition) is 1. The van der Waals surface area contributed by atoms with Crippen LogP contribution >= 0.6 is 0 Å². The SMILES string of the molecule is Cc1cc(-n2cccn2)ccc1CN1CCc2[nH]cnc2[C@@H]1c1ccncc1. The zero-order valence-corrected chi connectivity index (χ0v) is 15.8. The van der Waals surface area contributed by atoms with E-state index in [2.05, 4.69) is 62.2 Å². The highest BCUT2D eigenvalue weighted by atomic mass is 15.3. The molecular formula is C22H22N6. The van der Waals surface area contributed by atoms with Gasteiger partial charge in [-0.05, 0) is 53.9 Å². The van der Waals surface area contributed by atoms with E-state index in [4.69, 9.17) is 0 Å². The van der Waals surface area contributed by atoms with Crippen molar-refractivity contribution in [2.75, 3.05) is 6.54 Å². The molecule has 0 aliphatic carbocycles. The molecule has 6 heteroatoms.